The Morgan fingerprint density at radius 2 is 2.23 bits per heavy atom. The van der Waals surface area contributed by atoms with Crippen molar-refractivity contribution in [2.24, 2.45) is 5.92 Å². The first-order chi connectivity index (χ1) is 10.5. The first-order valence-corrected chi connectivity index (χ1v) is 7.80. The van der Waals surface area contributed by atoms with Gasteiger partial charge in [-0.2, -0.15) is 4.98 Å². The molecule has 3 heterocycles. The molecule has 0 spiro atoms. The van der Waals surface area contributed by atoms with E-state index in [0.29, 0.717) is 24.0 Å². The molecule has 22 heavy (non-hydrogen) atoms. The molecule has 1 amide bonds. The van der Waals surface area contributed by atoms with Gasteiger partial charge in [-0.1, -0.05) is 11.6 Å². The molecule has 6 nitrogen and oxygen atoms in total. The van der Waals surface area contributed by atoms with Gasteiger partial charge in [-0.05, 0) is 20.8 Å². The fraction of sp³-hybridized carbons (Fsp3) is 0.533. The molecule has 1 aliphatic heterocycles. The molecule has 1 saturated heterocycles. The minimum Gasteiger partial charge on any atom is -0.473 e. The molecule has 2 atom stereocenters. The van der Waals surface area contributed by atoms with Crippen molar-refractivity contribution in [3.05, 3.63) is 17.5 Å². The van der Waals surface area contributed by atoms with Crippen molar-refractivity contribution < 1.29 is 9.53 Å². The first-order valence-electron chi connectivity index (χ1n) is 7.42. The Kier molecular flexibility index (Phi) is 3.95. The molecule has 118 valence electrons. The highest BCUT2D eigenvalue weighted by Gasteiger charge is 2.29. The lowest BCUT2D eigenvalue weighted by atomic mass is 10.0. The molecule has 0 radical (unpaired) electrons. The van der Waals surface area contributed by atoms with Crippen LogP contribution in [0.15, 0.2) is 12.4 Å². The third-order valence-electron chi connectivity index (χ3n) is 4.02. The lowest BCUT2D eigenvalue weighted by molar-refractivity contribution is -0.119. The zero-order valence-corrected chi connectivity index (χ0v) is 13.6. The molecule has 1 fully saturated rings. The Bertz CT molecular complexity index is 713. The maximum atomic E-state index is 11.4. The van der Waals surface area contributed by atoms with Gasteiger partial charge in [0.2, 0.25) is 11.8 Å². The van der Waals surface area contributed by atoms with Gasteiger partial charge in [0, 0.05) is 31.0 Å². The molecular weight excluding hydrogens is 304 g/mol. The van der Waals surface area contributed by atoms with E-state index in [-0.39, 0.29) is 24.0 Å². The number of imidazole rings is 1. The van der Waals surface area contributed by atoms with Gasteiger partial charge >= 0.3 is 0 Å². The van der Waals surface area contributed by atoms with Crippen LogP contribution in [0.4, 0.5) is 0 Å². The van der Waals surface area contributed by atoms with Gasteiger partial charge in [0.25, 0.3) is 0 Å². The molecule has 0 aliphatic carbocycles. The standard InChI is InChI=1S/C15H19ClN4O2/c1-8(2)20-7-18-11-5-12(16)19-15(14(11)20)22-9(3)10-4-13(21)17-6-10/h5,7-10H,4,6H2,1-3H3,(H,17,21)/t9-,10?/m1/s1. The third kappa shape index (κ3) is 2.75. The van der Waals surface area contributed by atoms with Gasteiger partial charge in [-0.3, -0.25) is 4.79 Å². The summed E-state index contributed by atoms with van der Waals surface area (Å²) in [7, 11) is 0. The number of hydrogen-bond acceptors (Lipinski definition) is 4. The summed E-state index contributed by atoms with van der Waals surface area (Å²) in [6.07, 6.45) is 2.11. The molecule has 1 unspecified atom stereocenters. The number of ether oxygens (including phenoxy) is 1. The lowest BCUT2D eigenvalue weighted by Gasteiger charge is -2.20. The van der Waals surface area contributed by atoms with Crippen LogP contribution in [0.5, 0.6) is 5.88 Å². The quantitative estimate of drug-likeness (QED) is 0.878. The van der Waals surface area contributed by atoms with Crippen molar-refractivity contribution in [1.82, 2.24) is 19.9 Å². The number of hydrogen-bond donors (Lipinski definition) is 1. The van der Waals surface area contributed by atoms with E-state index in [2.05, 4.69) is 29.1 Å². The van der Waals surface area contributed by atoms with E-state index >= 15 is 0 Å². The van der Waals surface area contributed by atoms with Crippen LogP contribution in [0.25, 0.3) is 11.0 Å². The Labute approximate surface area is 133 Å². The van der Waals surface area contributed by atoms with Gasteiger partial charge in [-0.15, -0.1) is 0 Å². The van der Waals surface area contributed by atoms with E-state index in [1.165, 1.54) is 0 Å². The monoisotopic (exact) mass is 322 g/mol. The van der Waals surface area contributed by atoms with Crippen LogP contribution in [0.3, 0.4) is 0 Å². The molecule has 0 aromatic carbocycles. The Morgan fingerprint density at radius 3 is 2.86 bits per heavy atom. The Balaban J connectivity index is 1.95. The zero-order valence-electron chi connectivity index (χ0n) is 12.8. The summed E-state index contributed by atoms with van der Waals surface area (Å²) in [5.41, 5.74) is 1.60. The van der Waals surface area contributed by atoms with Crippen LogP contribution in [0, 0.1) is 5.92 Å². The summed E-state index contributed by atoms with van der Waals surface area (Å²) in [6, 6.07) is 1.97. The maximum absolute atomic E-state index is 11.4. The molecule has 2 aromatic heterocycles. The topological polar surface area (TPSA) is 69.0 Å². The van der Waals surface area contributed by atoms with Crippen molar-refractivity contribution in [1.29, 1.82) is 0 Å². The average Bonchev–Trinajstić information content (AvgIpc) is 3.04. The van der Waals surface area contributed by atoms with Gasteiger partial charge in [0.1, 0.15) is 16.8 Å². The summed E-state index contributed by atoms with van der Waals surface area (Å²) >= 11 is 6.07. The first kappa shape index (κ1) is 15.1. The van der Waals surface area contributed by atoms with Crippen LogP contribution in [0.2, 0.25) is 5.15 Å². The number of amides is 1. The highest BCUT2D eigenvalue weighted by Crippen LogP contribution is 2.30. The van der Waals surface area contributed by atoms with Crippen LogP contribution in [0.1, 0.15) is 33.2 Å². The van der Waals surface area contributed by atoms with E-state index < -0.39 is 0 Å². The second kappa shape index (κ2) is 5.76. The highest BCUT2D eigenvalue weighted by molar-refractivity contribution is 6.30. The highest BCUT2D eigenvalue weighted by atomic mass is 35.5. The van der Waals surface area contributed by atoms with Gasteiger partial charge in [0.15, 0.2) is 0 Å². The summed E-state index contributed by atoms with van der Waals surface area (Å²) in [4.78, 5) is 20.1. The zero-order chi connectivity index (χ0) is 15.9. The lowest BCUT2D eigenvalue weighted by Crippen LogP contribution is -2.26. The van der Waals surface area contributed by atoms with E-state index in [9.17, 15) is 4.79 Å². The number of rotatable bonds is 4. The summed E-state index contributed by atoms with van der Waals surface area (Å²) in [5.74, 6) is 0.677. The van der Waals surface area contributed by atoms with E-state index in [1.807, 2.05) is 11.5 Å². The van der Waals surface area contributed by atoms with Gasteiger partial charge in [0.05, 0.1) is 11.8 Å². The third-order valence-corrected chi connectivity index (χ3v) is 4.21. The van der Waals surface area contributed by atoms with Crippen molar-refractivity contribution in [2.75, 3.05) is 6.54 Å². The maximum Gasteiger partial charge on any atom is 0.241 e. The normalized spacial score (nSPS) is 19.7. The second-order valence-corrected chi connectivity index (χ2v) is 6.34. The molecule has 1 N–H and O–H groups in total. The number of pyridine rings is 1. The predicted octanol–water partition coefficient (Wildman–Crippen LogP) is 2.57. The molecular formula is C15H19ClN4O2. The second-order valence-electron chi connectivity index (χ2n) is 5.95. The molecule has 3 rings (SSSR count). The number of nitrogens with one attached hydrogen (secondary N) is 1. The van der Waals surface area contributed by atoms with E-state index in [4.69, 9.17) is 16.3 Å². The number of nitrogens with zero attached hydrogens (tertiary/aromatic N) is 3. The number of carbonyl (C=O) groups is 1. The number of fused-ring (bicyclic) bond motifs is 1. The molecule has 0 bridgehead atoms. The van der Waals surface area contributed by atoms with Crippen LogP contribution in [-0.2, 0) is 4.79 Å². The molecule has 1 aliphatic rings. The smallest absolute Gasteiger partial charge is 0.241 e. The van der Waals surface area contributed by atoms with Gasteiger partial charge < -0.3 is 14.6 Å². The summed E-state index contributed by atoms with van der Waals surface area (Å²) < 4.78 is 8.05. The van der Waals surface area contributed by atoms with Crippen molar-refractivity contribution in [3.63, 3.8) is 0 Å². The number of halogens is 1. The van der Waals surface area contributed by atoms with Crippen LogP contribution >= 0.6 is 11.6 Å². The summed E-state index contributed by atoms with van der Waals surface area (Å²) in [5, 5.41) is 3.18. The van der Waals surface area contributed by atoms with E-state index in [1.54, 1.807) is 12.4 Å². The van der Waals surface area contributed by atoms with Crippen LogP contribution < -0.4 is 10.1 Å². The summed E-state index contributed by atoms with van der Waals surface area (Å²) in [6.45, 7) is 6.73. The van der Waals surface area contributed by atoms with Crippen LogP contribution in [-0.4, -0.2) is 33.1 Å². The molecule has 2 aromatic rings. The SMILES string of the molecule is CC(C)n1cnc2cc(Cl)nc(O[C@H](C)C3CNC(=O)C3)c21. The van der Waals surface area contributed by atoms with Crippen molar-refractivity contribution in [3.8, 4) is 5.88 Å². The fourth-order valence-electron chi connectivity index (χ4n) is 2.70. The largest absolute Gasteiger partial charge is 0.473 e. The minimum absolute atomic E-state index is 0.0665. The molecule has 0 saturated carbocycles. The Hall–Kier alpha value is -1.82. The number of carbonyl (C=O) groups excluding carboxylic acids is 1. The predicted molar refractivity (Wildman–Crippen MR) is 84.1 cm³/mol. The minimum atomic E-state index is -0.136. The fourth-order valence-corrected chi connectivity index (χ4v) is 2.88. The number of aromatic nitrogens is 3. The Morgan fingerprint density at radius 1 is 1.45 bits per heavy atom. The van der Waals surface area contributed by atoms with Crippen molar-refractivity contribution in [2.45, 2.75) is 39.3 Å². The van der Waals surface area contributed by atoms with E-state index in [0.717, 1.165) is 11.0 Å². The van der Waals surface area contributed by atoms with Crippen molar-refractivity contribution >= 4 is 28.5 Å². The van der Waals surface area contributed by atoms with Gasteiger partial charge in [-0.25, -0.2) is 4.98 Å². The molecule has 7 heteroatoms. The average molecular weight is 323 g/mol.